The van der Waals surface area contributed by atoms with Crippen molar-refractivity contribution >= 4 is 27.7 Å². The standard InChI is InChI=1S/C19H20BrN3OS/c1-13-6-4-9-17(10-13)24-14(2)18-21-22-19(23(18)3)25-12-15-7-5-8-16(20)11-15/h4-11,14H,12H2,1-3H3. The molecule has 1 atom stereocenters. The van der Waals surface area contributed by atoms with Crippen LogP contribution in [0, 0.1) is 6.92 Å². The van der Waals surface area contributed by atoms with E-state index < -0.39 is 0 Å². The largest absolute Gasteiger partial charge is 0.483 e. The van der Waals surface area contributed by atoms with E-state index in [-0.39, 0.29) is 6.10 Å². The van der Waals surface area contributed by atoms with Crippen LogP contribution in [0.3, 0.4) is 0 Å². The minimum Gasteiger partial charge on any atom is -0.483 e. The lowest BCUT2D eigenvalue weighted by molar-refractivity contribution is 0.211. The number of nitrogens with zero attached hydrogens (tertiary/aromatic N) is 3. The Balaban J connectivity index is 1.67. The molecule has 0 bridgehead atoms. The minimum absolute atomic E-state index is 0.167. The number of aromatic nitrogens is 3. The van der Waals surface area contributed by atoms with Gasteiger partial charge in [-0.15, -0.1) is 10.2 Å². The zero-order chi connectivity index (χ0) is 17.8. The van der Waals surface area contributed by atoms with Gasteiger partial charge in [0.1, 0.15) is 5.75 Å². The second-order valence-corrected chi connectivity index (χ2v) is 7.75. The summed E-state index contributed by atoms with van der Waals surface area (Å²) in [6.07, 6.45) is -0.167. The highest BCUT2D eigenvalue weighted by molar-refractivity contribution is 9.10. The number of benzene rings is 2. The third-order valence-corrected chi connectivity index (χ3v) is 5.38. The van der Waals surface area contributed by atoms with Crippen molar-refractivity contribution in [3.05, 3.63) is 70.0 Å². The van der Waals surface area contributed by atoms with Crippen molar-refractivity contribution in [3.8, 4) is 5.75 Å². The van der Waals surface area contributed by atoms with Crippen LogP contribution in [0.25, 0.3) is 0 Å². The number of hydrogen-bond acceptors (Lipinski definition) is 4. The molecule has 0 saturated carbocycles. The highest BCUT2D eigenvalue weighted by atomic mass is 79.9. The zero-order valence-corrected chi connectivity index (χ0v) is 16.8. The lowest BCUT2D eigenvalue weighted by atomic mass is 10.2. The number of rotatable bonds is 6. The smallest absolute Gasteiger partial charge is 0.191 e. The van der Waals surface area contributed by atoms with Gasteiger partial charge in [-0.3, -0.25) is 0 Å². The van der Waals surface area contributed by atoms with E-state index in [1.165, 1.54) is 11.1 Å². The van der Waals surface area contributed by atoms with E-state index in [4.69, 9.17) is 4.74 Å². The summed E-state index contributed by atoms with van der Waals surface area (Å²) >= 11 is 5.17. The lowest BCUT2D eigenvalue weighted by Crippen LogP contribution is -2.10. The molecule has 3 rings (SSSR count). The molecule has 0 fully saturated rings. The molecule has 0 amide bonds. The van der Waals surface area contributed by atoms with Crippen LogP contribution in [-0.4, -0.2) is 14.8 Å². The van der Waals surface area contributed by atoms with Gasteiger partial charge in [-0.2, -0.15) is 0 Å². The maximum absolute atomic E-state index is 6.02. The highest BCUT2D eigenvalue weighted by Gasteiger charge is 2.17. The fraction of sp³-hybridized carbons (Fsp3) is 0.263. The molecule has 1 unspecified atom stereocenters. The zero-order valence-electron chi connectivity index (χ0n) is 14.4. The van der Waals surface area contributed by atoms with Gasteiger partial charge in [-0.25, -0.2) is 0 Å². The molecule has 0 N–H and O–H groups in total. The quantitative estimate of drug-likeness (QED) is 0.508. The summed E-state index contributed by atoms with van der Waals surface area (Å²) in [5, 5.41) is 9.52. The molecule has 0 saturated heterocycles. The third kappa shape index (κ3) is 4.64. The van der Waals surface area contributed by atoms with Crippen LogP contribution in [-0.2, 0) is 12.8 Å². The van der Waals surface area contributed by atoms with Gasteiger partial charge in [-0.1, -0.05) is 52.0 Å². The average molecular weight is 418 g/mol. The van der Waals surface area contributed by atoms with Crippen LogP contribution in [0.5, 0.6) is 5.75 Å². The molecule has 0 spiro atoms. The van der Waals surface area contributed by atoms with Crippen LogP contribution >= 0.6 is 27.7 Å². The number of hydrogen-bond donors (Lipinski definition) is 0. The van der Waals surface area contributed by atoms with Gasteiger partial charge in [0.2, 0.25) is 0 Å². The highest BCUT2D eigenvalue weighted by Crippen LogP contribution is 2.26. The Morgan fingerprint density at radius 1 is 1.16 bits per heavy atom. The Morgan fingerprint density at radius 2 is 1.96 bits per heavy atom. The van der Waals surface area contributed by atoms with Crippen molar-refractivity contribution in [2.75, 3.05) is 0 Å². The van der Waals surface area contributed by atoms with E-state index in [1.807, 2.05) is 48.9 Å². The Hall–Kier alpha value is -1.79. The summed E-state index contributed by atoms with van der Waals surface area (Å²) in [5.74, 6) is 2.51. The average Bonchev–Trinajstić information content (AvgIpc) is 2.94. The van der Waals surface area contributed by atoms with Gasteiger partial charge in [0.25, 0.3) is 0 Å². The van der Waals surface area contributed by atoms with Crippen LogP contribution in [0.4, 0.5) is 0 Å². The molecule has 1 aromatic heterocycles. The molecular weight excluding hydrogens is 398 g/mol. The number of halogens is 1. The van der Waals surface area contributed by atoms with Crippen LogP contribution in [0.2, 0.25) is 0 Å². The summed E-state index contributed by atoms with van der Waals surface area (Å²) < 4.78 is 9.11. The third-order valence-electron chi connectivity index (χ3n) is 3.79. The van der Waals surface area contributed by atoms with Gasteiger partial charge < -0.3 is 9.30 Å². The van der Waals surface area contributed by atoms with Crippen molar-refractivity contribution in [2.24, 2.45) is 7.05 Å². The Bertz CT molecular complexity index is 865. The second-order valence-electron chi connectivity index (χ2n) is 5.89. The summed E-state index contributed by atoms with van der Waals surface area (Å²) in [4.78, 5) is 0. The molecule has 0 radical (unpaired) electrons. The van der Waals surface area contributed by atoms with Gasteiger partial charge in [0, 0.05) is 17.3 Å². The monoisotopic (exact) mass is 417 g/mol. The van der Waals surface area contributed by atoms with Gasteiger partial charge in [0.05, 0.1) is 0 Å². The first-order valence-electron chi connectivity index (χ1n) is 8.03. The Morgan fingerprint density at radius 3 is 2.72 bits per heavy atom. The molecule has 0 aliphatic rings. The summed E-state index contributed by atoms with van der Waals surface area (Å²) in [7, 11) is 1.98. The van der Waals surface area contributed by atoms with Crippen LogP contribution < -0.4 is 4.74 Å². The molecule has 6 heteroatoms. The fourth-order valence-electron chi connectivity index (χ4n) is 2.53. The summed E-state index contributed by atoms with van der Waals surface area (Å²) in [6, 6.07) is 16.3. The van der Waals surface area contributed by atoms with Crippen LogP contribution in [0.15, 0.2) is 58.2 Å². The van der Waals surface area contributed by atoms with E-state index in [9.17, 15) is 0 Å². The molecule has 0 aliphatic heterocycles. The number of ether oxygens (including phenoxy) is 1. The first kappa shape index (κ1) is 18.0. The van der Waals surface area contributed by atoms with Gasteiger partial charge >= 0.3 is 0 Å². The molecule has 25 heavy (non-hydrogen) atoms. The van der Waals surface area contributed by atoms with E-state index in [2.05, 4.69) is 51.3 Å². The Kier molecular flexibility index (Phi) is 5.81. The predicted molar refractivity (Wildman–Crippen MR) is 105 cm³/mol. The first-order chi connectivity index (χ1) is 12.0. The Labute approximate surface area is 160 Å². The van der Waals surface area contributed by atoms with Gasteiger partial charge in [0.15, 0.2) is 17.1 Å². The number of aryl methyl sites for hydroxylation is 1. The van der Waals surface area contributed by atoms with E-state index in [0.717, 1.165) is 27.0 Å². The molecule has 4 nitrogen and oxygen atoms in total. The molecule has 3 aromatic rings. The molecule has 130 valence electrons. The van der Waals surface area contributed by atoms with E-state index in [1.54, 1.807) is 11.8 Å². The normalized spacial score (nSPS) is 12.2. The van der Waals surface area contributed by atoms with E-state index in [0.29, 0.717) is 0 Å². The maximum atomic E-state index is 6.02. The molecule has 1 heterocycles. The topological polar surface area (TPSA) is 39.9 Å². The van der Waals surface area contributed by atoms with Crippen molar-refractivity contribution in [3.63, 3.8) is 0 Å². The molecule has 2 aromatic carbocycles. The second kappa shape index (κ2) is 8.06. The van der Waals surface area contributed by atoms with Crippen LogP contribution in [0.1, 0.15) is 30.0 Å². The maximum Gasteiger partial charge on any atom is 0.191 e. The minimum atomic E-state index is -0.167. The number of thioether (sulfide) groups is 1. The van der Waals surface area contributed by atoms with Crippen molar-refractivity contribution in [1.82, 2.24) is 14.8 Å². The molecule has 0 aliphatic carbocycles. The SMILES string of the molecule is Cc1cccc(OC(C)c2nnc(SCc3cccc(Br)c3)n2C)c1. The summed E-state index contributed by atoms with van der Waals surface area (Å²) in [6.45, 7) is 4.05. The predicted octanol–water partition coefficient (Wildman–Crippen LogP) is 5.32. The lowest BCUT2D eigenvalue weighted by Gasteiger charge is -2.14. The fourth-order valence-corrected chi connectivity index (χ4v) is 3.83. The van der Waals surface area contributed by atoms with Crippen molar-refractivity contribution < 1.29 is 4.74 Å². The van der Waals surface area contributed by atoms with Crippen molar-refractivity contribution in [1.29, 1.82) is 0 Å². The van der Waals surface area contributed by atoms with E-state index >= 15 is 0 Å². The van der Waals surface area contributed by atoms with Crippen molar-refractivity contribution in [2.45, 2.75) is 30.9 Å². The summed E-state index contributed by atoms with van der Waals surface area (Å²) in [5.41, 5.74) is 2.42. The first-order valence-corrected chi connectivity index (χ1v) is 9.80. The molecular formula is C19H20BrN3OS. The van der Waals surface area contributed by atoms with Gasteiger partial charge in [-0.05, 0) is 49.2 Å².